The topological polar surface area (TPSA) is 34.5 Å². The molecule has 1 unspecified atom stereocenters. The number of nitrogens with zero attached hydrogens (tertiary/aromatic N) is 2. The molecule has 0 aliphatic heterocycles. The van der Waals surface area contributed by atoms with Crippen molar-refractivity contribution in [2.24, 2.45) is 11.3 Å². The van der Waals surface area contributed by atoms with E-state index >= 15 is 0 Å². The van der Waals surface area contributed by atoms with Gasteiger partial charge in [-0.2, -0.15) is 0 Å². The van der Waals surface area contributed by atoms with Crippen LogP contribution in [-0.2, 0) is 22.6 Å². The molecule has 0 saturated heterocycles. The first-order valence-corrected chi connectivity index (χ1v) is 10.6. The van der Waals surface area contributed by atoms with Gasteiger partial charge in [0.05, 0.1) is 13.2 Å². The van der Waals surface area contributed by atoms with E-state index in [1.54, 1.807) is 7.11 Å². The van der Waals surface area contributed by atoms with Crippen LogP contribution in [0.1, 0.15) is 57.4 Å². The molecule has 0 fully saturated rings. The number of methoxy groups -OCH3 is 1. The first kappa shape index (κ1) is 23.2. The summed E-state index contributed by atoms with van der Waals surface area (Å²) in [6, 6.07) is 12.8. The predicted molar refractivity (Wildman–Crippen MR) is 120 cm³/mol. The minimum Gasteiger partial charge on any atom is -0.383 e. The third-order valence-electron chi connectivity index (χ3n) is 5.15. The highest BCUT2D eigenvalue weighted by atomic mass is 16.5. The highest BCUT2D eigenvalue weighted by Gasteiger charge is 2.21. The lowest BCUT2D eigenvalue weighted by molar-refractivity contribution is -0.133. The van der Waals surface area contributed by atoms with Crippen LogP contribution in [-0.4, -0.2) is 35.6 Å². The molecular weight excluding hydrogens is 360 g/mol. The van der Waals surface area contributed by atoms with Gasteiger partial charge in [-0.1, -0.05) is 57.5 Å². The van der Waals surface area contributed by atoms with E-state index < -0.39 is 0 Å². The molecule has 1 heterocycles. The summed E-state index contributed by atoms with van der Waals surface area (Å²) in [7, 11) is 1.69. The first-order chi connectivity index (χ1) is 13.7. The summed E-state index contributed by atoms with van der Waals surface area (Å²) in [5, 5.41) is 0. The third-order valence-corrected chi connectivity index (χ3v) is 5.15. The quantitative estimate of drug-likeness (QED) is 0.545. The Bertz CT molecular complexity index is 756. The molecule has 0 radical (unpaired) electrons. The van der Waals surface area contributed by atoms with Crippen LogP contribution < -0.4 is 0 Å². The van der Waals surface area contributed by atoms with E-state index in [-0.39, 0.29) is 11.3 Å². The number of hydrogen-bond acceptors (Lipinski definition) is 2. The van der Waals surface area contributed by atoms with Crippen LogP contribution in [0.2, 0.25) is 0 Å². The van der Waals surface area contributed by atoms with Crippen LogP contribution in [0, 0.1) is 18.3 Å². The van der Waals surface area contributed by atoms with E-state index in [9.17, 15) is 4.79 Å². The molecule has 2 aromatic rings. The molecular formula is C25H38N2O2. The molecule has 0 aliphatic carbocycles. The van der Waals surface area contributed by atoms with Crippen molar-refractivity contribution in [1.82, 2.24) is 9.47 Å². The number of ether oxygens (including phenoxy) is 1. The molecule has 29 heavy (non-hydrogen) atoms. The minimum absolute atomic E-state index is 0.210. The maximum atomic E-state index is 13.0. The van der Waals surface area contributed by atoms with Gasteiger partial charge in [0.1, 0.15) is 0 Å². The molecule has 1 amide bonds. The van der Waals surface area contributed by atoms with E-state index in [4.69, 9.17) is 4.74 Å². The average Bonchev–Trinajstić information content (AvgIpc) is 3.05. The second kappa shape index (κ2) is 10.6. The number of amides is 1. The fraction of sp³-hybridized carbons (Fsp3) is 0.560. The van der Waals surface area contributed by atoms with Crippen LogP contribution >= 0.6 is 0 Å². The molecule has 2 rings (SSSR count). The van der Waals surface area contributed by atoms with Crippen LogP contribution in [0.25, 0.3) is 0 Å². The highest BCUT2D eigenvalue weighted by Crippen LogP contribution is 2.26. The standard InChI is InChI=1S/C25H38N2O2/c1-20-9-11-22(12-10-20)18-26-13-7-8-23(26)19-27(14-15-29-6)24(28)16-21(2)17-25(3,4)5/h7-13,21H,14-19H2,1-6H3. The van der Waals surface area contributed by atoms with Gasteiger partial charge in [-0.15, -0.1) is 0 Å². The molecule has 4 nitrogen and oxygen atoms in total. The maximum absolute atomic E-state index is 13.0. The first-order valence-electron chi connectivity index (χ1n) is 10.6. The van der Waals surface area contributed by atoms with E-state index in [0.29, 0.717) is 32.0 Å². The molecule has 1 aromatic carbocycles. The summed E-state index contributed by atoms with van der Waals surface area (Å²) in [5.41, 5.74) is 3.92. The zero-order chi connectivity index (χ0) is 21.4. The summed E-state index contributed by atoms with van der Waals surface area (Å²) in [6.07, 6.45) is 3.72. The number of hydrogen-bond donors (Lipinski definition) is 0. The highest BCUT2D eigenvalue weighted by molar-refractivity contribution is 5.76. The predicted octanol–water partition coefficient (Wildman–Crippen LogP) is 5.28. The Morgan fingerprint density at radius 2 is 1.86 bits per heavy atom. The lowest BCUT2D eigenvalue weighted by Gasteiger charge is -2.27. The van der Waals surface area contributed by atoms with Gasteiger partial charge in [0, 0.05) is 38.5 Å². The zero-order valence-electron chi connectivity index (χ0n) is 19.1. The van der Waals surface area contributed by atoms with Gasteiger partial charge in [0.2, 0.25) is 5.91 Å². The Morgan fingerprint density at radius 3 is 2.48 bits per heavy atom. The SMILES string of the molecule is COCCN(Cc1cccn1Cc1ccc(C)cc1)C(=O)CC(C)CC(C)(C)C. The normalized spacial score (nSPS) is 12.8. The van der Waals surface area contributed by atoms with E-state index in [0.717, 1.165) is 18.7 Å². The van der Waals surface area contributed by atoms with Crippen molar-refractivity contribution >= 4 is 5.91 Å². The van der Waals surface area contributed by atoms with Gasteiger partial charge in [0.25, 0.3) is 0 Å². The Hall–Kier alpha value is -2.07. The molecule has 4 heteroatoms. The van der Waals surface area contributed by atoms with Crippen LogP contribution in [0.15, 0.2) is 42.6 Å². The van der Waals surface area contributed by atoms with Crippen molar-refractivity contribution in [2.75, 3.05) is 20.3 Å². The summed E-state index contributed by atoms with van der Waals surface area (Å²) in [5.74, 6) is 0.578. The second-order valence-corrected chi connectivity index (χ2v) is 9.50. The number of benzene rings is 1. The van der Waals surface area contributed by atoms with Crippen molar-refractivity contribution in [1.29, 1.82) is 0 Å². The van der Waals surface area contributed by atoms with Crippen LogP contribution in [0.4, 0.5) is 0 Å². The average molecular weight is 399 g/mol. The van der Waals surface area contributed by atoms with Gasteiger partial charge >= 0.3 is 0 Å². The summed E-state index contributed by atoms with van der Waals surface area (Å²) >= 11 is 0. The largest absolute Gasteiger partial charge is 0.383 e. The van der Waals surface area contributed by atoms with Crippen molar-refractivity contribution in [3.63, 3.8) is 0 Å². The third kappa shape index (κ3) is 8.06. The van der Waals surface area contributed by atoms with E-state index in [1.807, 2.05) is 4.90 Å². The molecule has 0 aliphatic rings. The van der Waals surface area contributed by atoms with Gasteiger partial charge in [0.15, 0.2) is 0 Å². The number of rotatable bonds is 10. The monoisotopic (exact) mass is 398 g/mol. The summed E-state index contributed by atoms with van der Waals surface area (Å²) < 4.78 is 7.50. The fourth-order valence-electron chi connectivity index (χ4n) is 3.87. The van der Waals surface area contributed by atoms with Gasteiger partial charge in [-0.25, -0.2) is 0 Å². The van der Waals surface area contributed by atoms with E-state index in [1.165, 1.54) is 11.1 Å². The lowest BCUT2D eigenvalue weighted by Crippen LogP contribution is -2.35. The molecule has 0 bridgehead atoms. The van der Waals surface area contributed by atoms with E-state index in [2.05, 4.69) is 81.8 Å². The van der Waals surface area contributed by atoms with Crippen LogP contribution in [0.5, 0.6) is 0 Å². The number of carbonyl (C=O) groups is 1. The smallest absolute Gasteiger partial charge is 0.223 e. The number of aromatic nitrogens is 1. The van der Waals surface area contributed by atoms with Crippen molar-refractivity contribution in [3.05, 3.63) is 59.4 Å². The van der Waals surface area contributed by atoms with Gasteiger partial charge in [-0.05, 0) is 42.4 Å². The van der Waals surface area contributed by atoms with Crippen LogP contribution in [0.3, 0.4) is 0 Å². The van der Waals surface area contributed by atoms with Gasteiger partial charge < -0.3 is 14.2 Å². The number of aryl methyl sites for hydroxylation is 1. The molecule has 0 N–H and O–H groups in total. The van der Waals surface area contributed by atoms with Gasteiger partial charge in [-0.3, -0.25) is 4.79 Å². The fourth-order valence-corrected chi connectivity index (χ4v) is 3.87. The Kier molecular flexibility index (Phi) is 8.51. The van der Waals surface area contributed by atoms with Crippen molar-refractivity contribution < 1.29 is 9.53 Å². The molecule has 0 saturated carbocycles. The molecule has 1 aromatic heterocycles. The second-order valence-electron chi connectivity index (χ2n) is 9.50. The molecule has 0 spiro atoms. The number of carbonyl (C=O) groups excluding carboxylic acids is 1. The Morgan fingerprint density at radius 1 is 1.17 bits per heavy atom. The molecule has 160 valence electrons. The Labute approximate surface area is 176 Å². The van der Waals surface area contributed by atoms with Crippen molar-refractivity contribution in [3.8, 4) is 0 Å². The Balaban J connectivity index is 2.07. The minimum atomic E-state index is 0.210. The zero-order valence-corrected chi connectivity index (χ0v) is 19.1. The lowest BCUT2D eigenvalue weighted by atomic mass is 9.84. The van der Waals surface area contributed by atoms with Crippen molar-refractivity contribution in [2.45, 2.75) is 60.5 Å². The summed E-state index contributed by atoms with van der Waals surface area (Å²) in [6.45, 7) is 13.6. The summed E-state index contributed by atoms with van der Waals surface area (Å²) in [4.78, 5) is 15.0. The molecule has 1 atom stereocenters. The maximum Gasteiger partial charge on any atom is 0.223 e.